The van der Waals surface area contributed by atoms with Crippen molar-refractivity contribution in [3.8, 4) is 0 Å². The molecule has 0 fully saturated rings. The van der Waals surface area contributed by atoms with Gasteiger partial charge in [-0.05, 0) is 57.2 Å². The van der Waals surface area contributed by atoms with Gasteiger partial charge in [0.15, 0.2) is 0 Å². The summed E-state index contributed by atoms with van der Waals surface area (Å²) in [6.45, 7) is 5.75. The van der Waals surface area contributed by atoms with Crippen LogP contribution in [-0.4, -0.2) is 11.9 Å². The van der Waals surface area contributed by atoms with Crippen LogP contribution in [0.4, 0.5) is 16.2 Å². The van der Waals surface area contributed by atoms with Crippen LogP contribution in [0.2, 0.25) is 0 Å². The molecule has 0 spiro atoms. The maximum Gasteiger partial charge on any atom is 0.319 e. The summed E-state index contributed by atoms with van der Waals surface area (Å²) in [4.78, 5) is 24.4. The Balaban J connectivity index is 1.56. The molecule has 0 aliphatic carbocycles. The summed E-state index contributed by atoms with van der Waals surface area (Å²) in [5, 5.41) is 8.25. The summed E-state index contributed by atoms with van der Waals surface area (Å²) in [6, 6.07) is 10.1. The molecule has 3 amide bonds. The summed E-state index contributed by atoms with van der Waals surface area (Å²) in [6.07, 6.45) is 1.55. The van der Waals surface area contributed by atoms with Crippen molar-refractivity contribution in [1.29, 1.82) is 0 Å². The van der Waals surface area contributed by atoms with Gasteiger partial charge in [0.2, 0.25) is 0 Å². The normalized spacial score (nSPS) is 10.5. The van der Waals surface area contributed by atoms with Crippen LogP contribution >= 0.6 is 0 Å². The number of benzene rings is 1. The average molecular weight is 367 g/mol. The molecular weight excluding hydrogens is 346 g/mol. The third kappa shape index (κ3) is 4.38. The third-order valence-electron chi connectivity index (χ3n) is 4.19. The summed E-state index contributed by atoms with van der Waals surface area (Å²) in [5.74, 6) is 1.77. The highest BCUT2D eigenvalue weighted by Crippen LogP contribution is 2.22. The van der Waals surface area contributed by atoms with Gasteiger partial charge in [0, 0.05) is 16.9 Å². The van der Waals surface area contributed by atoms with Crippen LogP contribution in [0.1, 0.15) is 33.2 Å². The Morgan fingerprint density at radius 1 is 0.926 bits per heavy atom. The van der Waals surface area contributed by atoms with Crippen molar-refractivity contribution in [2.75, 3.05) is 10.6 Å². The number of hydrogen-bond donors (Lipinski definition) is 3. The highest BCUT2D eigenvalue weighted by atomic mass is 16.3. The van der Waals surface area contributed by atoms with E-state index >= 15 is 0 Å². The highest BCUT2D eigenvalue weighted by Gasteiger charge is 2.18. The quantitative estimate of drug-likeness (QED) is 0.624. The van der Waals surface area contributed by atoms with E-state index in [0.717, 1.165) is 11.3 Å². The maximum atomic E-state index is 12.5. The van der Waals surface area contributed by atoms with Crippen LogP contribution in [0.5, 0.6) is 0 Å². The third-order valence-corrected chi connectivity index (χ3v) is 4.19. The number of amides is 3. The number of rotatable bonds is 5. The smallest absolute Gasteiger partial charge is 0.319 e. The first-order chi connectivity index (χ1) is 12.9. The number of urea groups is 1. The number of carbonyl (C=O) groups excluding carboxylic acids is 2. The molecule has 3 aromatic rings. The fraction of sp³-hybridized carbons (Fsp3) is 0.200. The van der Waals surface area contributed by atoms with Gasteiger partial charge >= 0.3 is 6.03 Å². The molecule has 140 valence electrons. The van der Waals surface area contributed by atoms with Crippen LogP contribution in [-0.2, 0) is 6.54 Å². The highest BCUT2D eigenvalue weighted by molar-refractivity contribution is 6.06. The lowest BCUT2D eigenvalue weighted by molar-refractivity contribution is 0.102. The summed E-state index contributed by atoms with van der Waals surface area (Å²) in [5.41, 5.74) is 2.61. The predicted octanol–water partition coefficient (Wildman–Crippen LogP) is 4.37. The lowest BCUT2D eigenvalue weighted by Crippen LogP contribution is -2.27. The van der Waals surface area contributed by atoms with Gasteiger partial charge in [0.1, 0.15) is 17.3 Å². The zero-order valence-corrected chi connectivity index (χ0v) is 15.4. The second-order valence-corrected chi connectivity index (χ2v) is 6.13. The van der Waals surface area contributed by atoms with Crippen molar-refractivity contribution in [2.24, 2.45) is 0 Å². The standard InChI is InChI=1S/C20H21N3O4/c1-12-13(2)27-14(3)18(12)19(24)22-15-6-8-16(9-7-15)23-20(25)21-11-17-5-4-10-26-17/h4-10H,11H2,1-3H3,(H,22,24)(H2,21,23,25). The largest absolute Gasteiger partial charge is 0.467 e. The van der Waals surface area contributed by atoms with E-state index in [4.69, 9.17) is 8.83 Å². The maximum absolute atomic E-state index is 12.5. The molecule has 2 heterocycles. The molecule has 0 unspecified atom stereocenters. The van der Waals surface area contributed by atoms with Crippen molar-refractivity contribution < 1.29 is 18.4 Å². The molecule has 0 aliphatic rings. The van der Waals surface area contributed by atoms with Crippen molar-refractivity contribution in [1.82, 2.24) is 5.32 Å². The second-order valence-electron chi connectivity index (χ2n) is 6.13. The van der Waals surface area contributed by atoms with Gasteiger partial charge in [-0.15, -0.1) is 0 Å². The van der Waals surface area contributed by atoms with Crippen LogP contribution in [0, 0.1) is 20.8 Å². The van der Waals surface area contributed by atoms with Gasteiger partial charge in [-0.25, -0.2) is 4.79 Å². The molecule has 27 heavy (non-hydrogen) atoms. The summed E-state index contributed by atoms with van der Waals surface area (Å²) in [7, 11) is 0. The molecule has 0 atom stereocenters. The Labute approximate surface area is 156 Å². The van der Waals surface area contributed by atoms with Crippen LogP contribution < -0.4 is 16.0 Å². The molecule has 2 aromatic heterocycles. The van der Waals surface area contributed by atoms with Crippen molar-refractivity contribution in [2.45, 2.75) is 27.3 Å². The van der Waals surface area contributed by atoms with E-state index in [-0.39, 0.29) is 11.9 Å². The lowest BCUT2D eigenvalue weighted by atomic mass is 10.1. The fourth-order valence-corrected chi connectivity index (χ4v) is 2.71. The molecule has 0 saturated carbocycles. The van der Waals surface area contributed by atoms with E-state index in [9.17, 15) is 9.59 Å². The topological polar surface area (TPSA) is 96.5 Å². The Morgan fingerprint density at radius 2 is 1.59 bits per heavy atom. The van der Waals surface area contributed by atoms with Gasteiger partial charge in [-0.2, -0.15) is 0 Å². The minimum Gasteiger partial charge on any atom is -0.467 e. The monoisotopic (exact) mass is 367 g/mol. The minimum absolute atomic E-state index is 0.223. The average Bonchev–Trinajstić information content (AvgIpc) is 3.23. The first-order valence-corrected chi connectivity index (χ1v) is 8.49. The van der Waals surface area contributed by atoms with Crippen LogP contribution in [0.3, 0.4) is 0 Å². The van der Waals surface area contributed by atoms with Gasteiger partial charge in [-0.3, -0.25) is 4.79 Å². The van der Waals surface area contributed by atoms with Gasteiger partial charge in [0.25, 0.3) is 5.91 Å². The van der Waals surface area contributed by atoms with Crippen LogP contribution in [0.25, 0.3) is 0 Å². The Morgan fingerprint density at radius 3 is 2.15 bits per heavy atom. The molecule has 0 bridgehead atoms. The van der Waals surface area contributed by atoms with Crippen molar-refractivity contribution >= 4 is 23.3 Å². The zero-order chi connectivity index (χ0) is 19.4. The van der Waals surface area contributed by atoms with Crippen LogP contribution in [0.15, 0.2) is 51.5 Å². The second kappa shape index (κ2) is 7.82. The van der Waals surface area contributed by atoms with E-state index in [1.807, 2.05) is 13.8 Å². The van der Waals surface area contributed by atoms with E-state index < -0.39 is 0 Å². The SMILES string of the molecule is Cc1oc(C)c(C(=O)Nc2ccc(NC(=O)NCc3ccco3)cc2)c1C. The molecule has 3 N–H and O–H groups in total. The number of nitrogens with one attached hydrogen (secondary N) is 3. The van der Waals surface area contributed by atoms with Gasteiger partial charge < -0.3 is 24.8 Å². The molecule has 7 heteroatoms. The summed E-state index contributed by atoms with van der Waals surface area (Å²) >= 11 is 0. The molecular formula is C20H21N3O4. The van der Waals surface area contributed by atoms with Gasteiger partial charge in [-0.1, -0.05) is 0 Å². The van der Waals surface area contributed by atoms with E-state index in [1.54, 1.807) is 49.6 Å². The van der Waals surface area contributed by atoms with Crippen molar-refractivity contribution in [3.05, 3.63) is 71.1 Å². The number of aryl methyl sites for hydroxylation is 2. The zero-order valence-electron chi connectivity index (χ0n) is 15.4. The number of furan rings is 2. The fourth-order valence-electron chi connectivity index (χ4n) is 2.71. The molecule has 1 aromatic carbocycles. The molecule has 0 saturated heterocycles. The predicted molar refractivity (Wildman–Crippen MR) is 102 cm³/mol. The van der Waals surface area contributed by atoms with E-state index in [0.29, 0.717) is 35.0 Å². The Bertz CT molecular complexity index is 941. The van der Waals surface area contributed by atoms with Gasteiger partial charge in [0.05, 0.1) is 18.4 Å². The Hall–Kier alpha value is -3.48. The summed E-state index contributed by atoms with van der Waals surface area (Å²) < 4.78 is 10.6. The van der Waals surface area contributed by atoms with E-state index in [2.05, 4.69) is 16.0 Å². The number of hydrogen-bond acceptors (Lipinski definition) is 4. The lowest BCUT2D eigenvalue weighted by Gasteiger charge is -2.09. The number of anilines is 2. The minimum atomic E-state index is -0.344. The molecule has 7 nitrogen and oxygen atoms in total. The molecule has 3 rings (SSSR count). The van der Waals surface area contributed by atoms with E-state index in [1.165, 1.54) is 0 Å². The molecule has 0 radical (unpaired) electrons. The Kier molecular flexibility index (Phi) is 5.30. The molecule has 0 aliphatic heterocycles. The first-order valence-electron chi connectivity index (χ1n) is 8.49. The van der Waals surface area contributed by atoms with Crippen molar-refractivity contribution in [3.63, 3.8) is 0 Å². The first kappa shape index (κ1) is 18.3. The number of carbonyl (C=O) groups is 2.